The predicted molar refractivity (Wildman–Crippen MR) is 33.1 cm³/mol. The number of rotatable bonds is 2. The summed E-state index contributed by atoms with van der Waals surface area (Å²) in [6, 6.07) is 0. The fourth-order valence-corrected chi connectivity index (χ4v) is 0.277. The van der Waals surface area contributed by atoms with Gasteiger partial charge in [-0.05, 0) is 26.0 Å². The van der Waals surface area contributed by atoms with Gasteiger partial charge in [0.1, 0.15) is 6.17 Å². The van der Waals surface area contributed by atoms with E-state index in [-0.39, 0.29) is 0 Å². The van der Waals surface area contributed by atoms with Crippen molar-refractivity contribution in [1.29, 1.82) is 5.41 Å². The first-order valence-corrected chi connectivity index (χ1v) is 2.50. The maximum atomic E-state index is 11.9. The third-order valence-electron chi connectivity index (χ3n) is 0.611. The normalized spacial score (nSPS) is 14.4. The Bertz CT molecular complexity index is 105. The second-order valence-electron chi connectivity index (χ2n) is 1.72. The summed E-state index contributed by atoms with van der Waals surface area (Å²) >= 11 is 0. The molecule has 0 spiro atoms. The molecule has 0 bridgehead atoms. The third-order valence-corrected chi connectivity index (χ3v) is 0.611. The second-order valence-corrected chi connectivity index (χ2v) is 1.72. The molecule has 0 aromatic carbocycles. The molecular formula is C6H10FN. The molecule has 0 heterocycles. The average molecular weight is 115 g/mol. The van der Waals surface area contributed by atoms with Gasteiger partial charge in [-0.15, -0.1) is 0 Å². The maximum Gasteiger partial charge on any atom is 0.116 e. The molecule has 0 saturated heterocycles. The average Bonchev–Trinajstić information content (AvgIpc) is 1.61. The summed E-state index contributed by atoms with van der Waals surface area (Å²) < 4.78 is 11.9. The van der Waals surface area contributed by atoms with Crippen LogP contribution in [-0.4, -0.2) is 11.9 Å². The van der Waals surface area contributed by atoms with Crippen LogP contribution in [0.15, 0.2) is 12.2 Å². The summed E-state index contributed by atoms with van der Waals surface area (Å²) in [6.45, 7) is 3.04. The van der Waals surface area contributed by atoms with Gasteiger partial charge in [-0.2, -0.15) is 0 Å². The summed E-state index contributed by atoms with van der Waals surface area (Å²) in [4.78, 5) is 0. The lowest BCUT2D eigenvalue weighted by Crippen LogP contribution is -1.86. The van der Waals surface area contributed by atoms with Crippen molar-refractivity contribution in [3.63, 3.8) is 0 Å². The number of hydrogen-bond donors (Lipinski definition) is 1. The highest BCUT2D eigenvalue weighted by Crippen LogP contribution is 1.89. The van der Waals surface area contributed by atoms with Crippen LogP contribution in [-0.2, 0) is 0 Å². The standard InChI is InChI=1S/C6H10FN/c1-5(7)3-4-6(2)8/h3-5,8H,1-2H3/b4-3-,8-6?. The summed E-state index contributed by atoms with van der Waals surface area (Å²) in [5.74, 6) is 0. The SMILES string of the molecule is CC(=N)/C=C\C(C)F. The van der Waals surface area contributed by atoms with Crippen molar-refractivity contribution in [1.82, 2.24) is 0 Å². The number of allylic oxidation sites excluding steroid dienone is 2. The zero-order chi connectivity index (χ0) is 6.57. The van der Waals surface area contributed by atoms with Crippen LogP contribution in [0.25, 0.3) is 0 Å². The largest absolute Gasteiger partial charge is 0.306 e. The van der Waals surface area contributed by atoms with Crippen molar-refractivity contribution in [2.75, 3.05) is 0 Å². The quantitative estimate of drug-likeness (QED) is 0.532. The molecule has 1 unspecified atom stereocenters. The molecule has 1 atom stereocenters. The number of hydrogen-bond acceptors (Lipinski definition) is 1. The molecule has 2 heteroatoms. The molecule has 46 valence electrons. The Morgan fingerprint density at radius 2 is 2.25 bits per heavy atom. The van der Waals surface area contributed by atoms with Crippen LogP contribution >= 0.6 is 0 Å². The summed E-state index contributed by atoms with van der Waals surface area (Å²) in [7, 11) is 0. The Kier molecular flexibility index (Phi) is 3.08. The van der Waals surface area contributed by atoms with Gasteiger partial charge in [0.15, 0.2) is 0 Å². The van der Waals surface area contributed by atoms with Gasteiger partial charge in [0.2, 0.25) is 0 Å². The highest BCUT2D eigenvalue weighted by atomic mass is 19.1. The van der Waals surface area contributed by atoms with Gasteiger partial charge in [-0.1, -0.05) is 0 Å². The molecule has 1 nitrogen and oxygen atoms in total. The van der Waals surface area contributed by atoms with Gasteiger partial charge >= 0.3 is 0 Å². The maximum absolute atomic E-state index is 11.9. The van der Waals surface area contributed by atoms with Crippen molar-refractivity contribution in [3.05, 3.63) is 12.2 Å². The molecule has 0 fully saturated rings. The molecule has 1 N–H and O–H groups in total. The molecule has 0 aliphatic rings. The van der Waals surface area contributed by atoms with E-state index in [9.17, 15) is 4.39 Å². The Labute approximate surface area is 48.7 Å². The Morgan fingerprint density at radius 3 is 2.38 bits per heavy atom. The van der Waals surface area contributed by atoms with Crippen LogP contribution in [0, 0.1) is 5.41 Å². The molecule has 0 aliphatic heterocycles. The van der Waals surface area contributed by atoms with E-state index in [4.69, 9.17) is 5.41 Å². The van der Waals surface area contributed by atoms with E-state index in [1.807, 2.05) is 0 Å². The van der Waals surface area contributed by atoms with E-state index in [2.05, 4.69) is 0 Å². The highest BCUT2D eigenvalue weighted by Gasteiger charge is 1.86. The highest BCUT2D eigenvalue weighted by molar-refractivity contribution is 5.89. The lowest BCUT2D eigenvalue weighted by Gasteiger charge is -1.86. The van der Waals surface area contributed by atoms with E-state index in [1.54, 1.807) is 6.92 Å². The summed E-state index contributed by atoms with van der Waals surface area (Å²) in [6.07, 6.45) is 1.86. The fourth-order valence-electron chi connectivity index (χ4n) is 0.277. The second kappa shape index (κ2) is 3.36. The minimum Gasteiger partial charge on any atom is -0.306 e. The molecule has 8 heavy (non-hydrogen) atoms. The topological polar surface area (TPSA) is 23.9 Å². The van der Waals surface area contributed by atoms with Crippen LogP contribution in [0.3, 0.4) is 0 Å². The van der Waals surface area contributed by atoms with Gasteiger partial charge < -0.3 is 5.41 Å². The van der Waals surface area contributed by atoms with Gasteiger partial charge in [0, 0.05) is 5.71 Å². The Balaban J connectivity index is 3.50. The van der Waals surface area contributed by atoms with Crippen LogP contribution in [0.1, 0.15) is 13.8 Å². The zero-order valence-corrected chi connectivity index (χ0v) is 5.11. The van der Waals surface area contributed by atoms with Gasteiger partial charge in [0.25, 0.3) is 0 Å². The lowest BCUT2D eigenvalue weighted by molar-refractivity contribution is 0.431. The third kappa shape index (κ3) is 5.34. The number of alkyl halides is 1. The first-order chi connectivity index (χ1) is 3.63. The van der Waals surface area contributed by atoms with E-state index >= 15 is 0 Å². The number of nitrogens with one attached hydrogen (secondary N) is 1. The minimum atomic E-state index is -0.935. The van der Waals surface area contributed by atoms with Crippen LogP contribution < -0.4 is 0 Å². The van der Waals surface area contributed by atoms with Crippen molar-refractivity contribution >= 4 is 5.71 Å². The van der Waals surface area contributed by atoms with Crippen molar-refractivity contribution < 1.29 is 4.39 Å². The van der Waals surface area contributed by atoms with Crippen LogP contribution in [0.4, 0.5) is 4.39 Å². The Hall–Kier alpha value is -0.660. The zero-order valence-electron chi connectivity index (χ0n) is 5.11. The first kappa shape index (κ1) is 7.34. The van der Waals surface area contributed by atoms with E-state index in [0.29, 0.717) is 5.71 Å². The van der Waals surface area contributed by atoms with E-state index in [1.165, 1.54) is 19.1 Å². The van der Waals surface area contributed by atoms with Crippen LogP contribution in [0.2, 0.25) is 0 Å². The van der Waals surface area contributed by atoms with Crippen LogP contribution in [0.5, 0.6) is 0 Å². The van der Waals surface area contributed by atoms with Crippen molar-refractivity contribution in [2.45, 2.75) is 20.0 Å². The van der Waals surface area contributed by atoms with Gasteiger partial charge in [0.05, 0.1) is 0 Å². The minimum absolute atomic E-state index is 0.384. The molecule has 0 aromatic rings. The molecule has 0 radical (unpaired) electrons. The smallest absolute Gasteiger partial charge is 0.116 e. The van der Waals surface area contributed by atoms with Crippen molar-refractivity contribution in [2.24, 2.45) is 0 Å². The number of halogens is 1. The molecule has 0 rings (SSSR count). The molecule has 0 amide bonds. The monoisotopic (exact) mass is 115 g/mol. The molecule has 0 saturated carbocycles. The summed E-state index contributed by atoms with van der Waals surface area (Å²) in [5.41, 5.74) is 0.384. The Morgan fingerprint density at radius 1 is 1.75 bits per heavy atom. The predicted octanol–water partition coefficient (Wildman–Crippen LogP) is 1.94. The van der Waals surface area contributed by atoms with Gasteiger partial charge in [-0.25, -0.2) is 4.39 Å². The van der Waals surface area contributed by atoms with Gasteiger partial charge in [-0.3, -0.25) is 0 Å². The molecule has 0 aliphatic carbocycles. The molecular weight excluding hydrogens is 105 g/mol. The first-order valence-electron chi connectivity index (χ1n) is 2.50. The van der Waals surface area contributed by atoms with Crippen molar-refractivity contribution in [3.8, 4) is 0 Å². The summed E-state index contributed by atoms with van der Waals surface area (Å²) in [5, 5.41) is 6.83. The lowest BCUT2D eigenvalue weighted by atomic mass is 10.3. The van der Waals surface area contributed by atoms with E-state index < -0.39 is 6.17 Å². The fraction of sp³-hybridized carbons (Fsp3) is 0.500. The van der Waals surface area contributed by atoms with E-state index in [0.717, 1.165) is 0 Å². The molecule has 0 aromatic heterocycles.